The molecule has 3 rings (SSSR count). The lowest BCUT2D eigenvalue weighted by atomic mass is 10.0. The van der Waals surface area contributed by atoms with E-state index >= 15 is 0 Å². The number of aromatic hydroxyl groups is 1. The smallest absolute Gasteiger partial charge is 0.257 e. The van der Waals surface area contributed by atoms with Gasteiger partial charge in [-0.25, -0.2) is 0 Å². The van der Waals surface area contributed by atoms with Crippen molar-refractivity contribution in [2.45, 2.75) is 0 Å². The molecule has 20 heavy (non-hydrogen) atoms. The van der Waals surface area contributed by atoms with E-state index < -0.39 is 10.8 Å². The number of carbonyl (C=O) groups is 1. The molecule has 1 aliphatic heterocycles. The number of carbonyl (C=O) groups excluding carboxylic acids is 1. The molecule has 0 aromatic heterocycles. The molecule has 4 nitrogen and oxygen atoms in total. The molecule has 0 saturated carbocycles. The molecule has 5 heteroatoms. The second-order valence-corrected chi connectivity index (χ2v) is 6.52. The van der Waals surface area contributed by atoms with E-state index in [0.29, 0.717) is 35.5 Å². The molecule has 0 radical (unpaired) electrons. The molecule has 2 aromatic rings. The van der Waals surface area contributed by atoms with Crippen LogP contribution in [-0.4, -0.2) is 44.7 Å². The molecule has 2 aromatic carbocycles. The minimum atomic E-state index is -0.818. The maximum absolute atomic E-state index is 12.4. The topological polar surface area (TPSA) is 57.6 Å². The number of hydrogen-bond donors (Lipinski definition) is 1. The summed E-state index contributed by atoms with van der Waals surface area (Å²) in [5.74, 6) is 0.866. The molecular formula is C15H15NO3S. The quantitative estimate of drug-likeness (QED) is 0.870. The standard InChI is InChI=1S/C15H15NO3S/c17-14-12-4-2-1-3-11(12)5-6-13(14)15(18)16-7-9-20(19)10-8-16/h1-6,17H,7-10H2. The minimum Gasteiger partial charge on any atom is -0.506 e. The van der Waals surface area contributed by atoms with Crippen molar-refractivity contribution in [2.24, 2.45) is 0 Å². The third-order valence-corrected chi connectivity index (χ3v) is 4.87. The summed E-state index contributed by atoms with van der Waals surface area (Å²) in [6.45, 7) is 0.968. The van der Waals surface area contributed by atoms with Gasteiger partial charge in [-0.2, -0.15) is 0 Å². The first kappa shape index (κ1) is 13.1. The fraction of sp³-hybridized carbons (Fsp3) is 0.267. The van der Waals surface area contributed by atoms with Crippen molar-refractivity contribution in [3.63, 3.8) is 0 Å². The van der Waals surface area contributed by atoms with Gasteiger partial charge >= 0.3 is 0 Å². The molecule has 0 unspecified atom stereocenters. The van der Waals surface area contributed by atoms with Gasteiger partial charge in [-0.15, -0.1) is 0 Å². The van der Waals surface area contributed by atoms with E-state index in [1.54, 1.807) is 17.0 Å². The number of fused-ring (bicyclic) bond motifs is 1. The summed E-state index contributed by atoms with van der Waals surface area (Å²) >= 11 is 0. The fourth-order valence-electron chi connectivity index (χ4n) is 2.44. The first-order valence-corrected chi connectivity index (χ1v) is 8.00. The maximum Gasteiger partial charge on any atom is 0.257 e. The molecule has 0 spiro atoms. The van der Waals surface area contributed by atoms with E-state index in [1.807, 2.05) is 24.3 Å². The minimum absolute atomic E-state index is 0.0276. The average molecular weight is 289 g/mol. The van der Waals surface area contributed by atoms with E-state index in [1.165, 1.54) is 0 Å². The molecule has 1 saturated heterocycles. The molecule has 0 aliphatic carbocycles. The molecule has 0 atom stereocenters. The third-order valence-electron chi connectivity index (χ3n) is 3.60. The lowest BCUT2D eigenvalue weighted by molar-refractivity contribution is 0.0768. The van der Waals surface area contributed by atoms with Gasteiger partial charge in [0.05, 0.1) is 5.56 Å². The lowest BCUT2D eigenvalue weighted by Crippen LogP contribution is -2.41. The summed E-state index contributed by atoms with van der Waals surface area (Å²) in [4.78, 5) is 14.1. The van der Waals surface area contributed by atoms with E-state index in [9.17, 15) is 14.1 Å². The number of benzene rings is 2. The molecule has 1 heterocycles. The Labute approximate surface area is 119 Å². The van der Waals surface area contributed by atoms with Gasteiger partial charge in [0.15, 0.2) is 0 Å². The number of rotatable bonds is 1. The normalized spacial score (nSPS) is 16.5. The largest absolute Gasteiger partial charge is 0.506 e. The first-order chi connectivity index (χ1) is 9.66. The van der Waals surface area contributed by atoms with Crippen molar-refractivity contribution < 1.29 is 14.1 Å². The Balaban J connectivity index is 1.95. The summed E-state index contributed by atoms with van der Waals surface area (Å²) < 4.78 is 11.3. The van der Waals surface area contributed by atoms with Crippen LogP contribution in [0.25, 0.3) is 10.8 Å². The van der Waals surface area contributed by atoms with E-state index in [0.717, 1.165) is 5.39 Å². The Bertz CT molecular complexity index is 689. The van der Waals surface area contributed by atoms with Crippen LogP contribution < -0.4 is 0 Å². The highest BCUT2D eigenvalue weighted by Gasteiger charge is 2.23. The van der Waals surface area contributed by atoms with Crippen LogP contribution in [0.5, 0.6) is 5.75 Å². The predicted octanol–water partition coefficient (Wildman–Crippen LogP) is 1.75. The van der Waals surface area contributed by atoms with Crippen LogP contribution in [0.4, 0.5) is 0 Å². The molecule has 1 N–H and O–H groups in total. The first-order valence-electron chi connectivity index (χ1n) is 6.52. The van der Waals surface area contributed by atoms with Gasteiger partial charge in [-0.1, -0.05) is 30.3 Å². The molecule has 1 fully saturated rings. The van der Waals surface area contributed by atoms with Crippen LogP contribution in [-0.2, 0) is 10.8 Å². The highest BCUT2D eigenvalue weighted by molar-refractivity contribution is 7.85. The summed E-state index contributed by atoms with van der Waals surface area (Å²) in [6.07, 6.45) is 0. The zero-order chi connectivity index (χ0) is 14.1. The number of nitrogens with zero attached hydrogens (tertiary/aromatic N) is 1. The van der Waals surface area contributed by atoms with Gasteiger partial charge in [-0.3, -0.25) is 9.00 Å². The molecular weight excluding hydrogens is 274 g/mol. The Hall–Kier alpha value is -1.88. The van der Waals surface area contributed by atoms with Crippen LogP contribution in [0, 0.1) is 0 Å². The SMILES string of the molecule is O=C(c1ccc2ccccc2c1O)N1CCS(=O)CC1. The maximum atomic E-state index is 12.4. The lowest BCUT2D eigenvalue weighted by Gasteiger charge is -2.26. The zero-order valence-electron chi connectivity index (χ0n) is 10.9. The highest BCUT2D eigenvalue weighted by Crippen LogP contribution is 2.29. The molecule has 1 aliphatic rings. The van der Waals surface area contributed by atoms with E-state index in [2.05, 4.69) is 0 Å². The number of phenolic OH excluding ortho intramolecular Hbond substituents is 1. The van der Waals surface area contributed by atoms with Crippen molar-refractivity contribution >= 4 is 27.5 Å². The van der Waals surface area contributed by atoms with Gasteiger partial charge in [0, 0.05) is 40.8 Å². The van der Waals surface area contributed by atoms with Crippen LogP contribution >= 0.6 is 0 Å². The monoisotopic (exact) mass is 289 g/mol. The Morgan fingerprint density at radius 3 is 2.55 bits per heavy atom. The van der Waals surface area contributed by atoms with Crippen molar-refractivity contribution in [1.82, 2.24) is 4.90 Å². The number of hydrogen-bond acceptors (Lipinski definition) is 3. The number of amides is 1. The fourth-order valence-corrected chi connectivity index (χ4v) is 3.49. The second-order valence-electron chi connectivity index (χ2n) is 4.82. The van der Waals surface area contributed by atoms with Gasteiger partial charge in [0.25, 0.3) is 5.91 Å². The Kier molecular flexibility index (Phi) is 3.44. The molecule has 1 amide bonds. The van der Waals surface area contributed by atoms with Crippen molar-refractivity contribution in [1.29, 1.82) is 0 Å². The number of phenols is 1. The van der Waals surface area contributed by atoms with Gasteiger partial charge in [-0.05, 0) is 11.5 Å². The molecule has 104 valence electrons. The third kappa shape index (κ3) is 2.29. The summed E-state index contributed by atoms with van der Waals surface area (Å²) in [6, 6.07) is 10.9. The van der Waals surface area contributed by atoms with Crippen LogP contribution in [0.1, 0.15) is 10.4 Å². The molecule has 0 bridgehead atoms. The van der Waals surface area contributed by atoms with Crippen molar-refractivity contribution in [3.05, 3.63) is 42.0 Å². The Morgan fingerprint density at radius 2 is 1.80 bits per heavy atom. The van der Waals surface area contributed by atoms with Gasteiger partial charge < -0.3 is 10.0 Å². The van der Waals surface area contributed by atoms with Crippen LogP contribution in [0.15, 0.2) is 36.4 Å². The van der Waals surface area contributed by atoms with Crippen molar-refractivity contribution in [2.75, 3.05) is 24.6 Å². The zero-order valence-corrected chi connectivity index (χ0v) is 11.7. The van der Waals surface area contributed by atoms with Crippen molar-refractivity contribution in [3.8, 4) is 5.75 Å². The Morgan fingerprint density at radius 1 is 1.10 bits per heavy atom. The van der Waals surface area contributed by atoms with E-state index in [4.69, 9.17) is 0 Å². The van der Waals surface area contributed by atoms with E-state index in [-0.39, 0.29) is 11.7 Å². The predicted molar refractivity (Wildman–Crippen MR) is 79.4 cm³/mol. The summed E-state index contributed by atoms with van der Waals surface area (Å²) in [5, 5.41) is 11.9. The van der Waals surface area contributed by atoms with Crippen LogP contribution in [0.2, 0.25) is 0 Å². The van der Waals surface area contributed by atoms with Gasteiger partial charge in [0.2, 0.25) is 0 Å². The summed E-state index contributed by atoms with van der Waals surface area (Å²) in [7, 11) is -0.818. The summed E-state index contributed by atoms with van der Waals surface area (Å²) in [5.41, 5.74) is 0.316. The van der Waals surface area contributed by atoms with Gasteiger partial charge in [0.1, 0.15) is 5.75 Å². The highest BCUT2D eigenvalue weighted by atomic mass is 32.2. The second kappa shape index (κ2) is 5.25. The van der Waals surface area contributed by atoms with Crippen LogP contribution in [0.3, 0.4) is 0 Å². The average Bonchev–Trinajstić information content (AvgIpc) is 2.48.